The maximum atomic E-state index is 6.16. The monoisotopic (exact) mass is 275 g/mol. The molecular weight excluding hydrogens is 258 g/mol. The molecule has 1 fully saturated rings. The molecule has 1 aliphatic rings. The quantitative estimate of drug-likeness (QED) is 0.901. The normalized spacial score (nSPS) is 25.9. The topological polar surface area (TPSA) is 100.0 Å². The molecule has 0 aliphatic heterocycles. The average Bonchev–Trinajstić information content (AvgIpc) is 3.08. The predicted molar refractivity (Wildman–Crippen MR) is 71.1 cm³/mol. The van der Waals surface area contributed by atoms with Crippen molar-refractivity contribution in [3.05, 3.63) is 18.0 Å². The fourth-order valence-corrected chi connectivity index (χ4v) is 2.57. The molecule has 0 spiro atoms. The first-order chi connectivity index (χ1) is 9.63. The lowest BCUT2D eigenvalue weighted by Gasteiger charge is -2.23. The molecule has 2 aromatic heterocycles. The SMILES string of the molecule is COc1ccc(-c2noc(C3(C)CCCC3N)n2)nn1. The summed E-state index contributed by atoms with van der Waals surface area (Å²) in [6.07, 6.45) is 3.03. The number of hydrogen-bond donors (Lipinski definition) is 1. The van der Waals surface area contributed by atoms with Crippen molar-refractivity contribution in [2.24, 2.45) is 5.73 Å². The molecule has 1 aliphatic carbocycles. The Hall–Kier alpha value is -2.02. The number of aromatic nitrogens is 4. The smallest absolute Gasteiger partial charge is 0.234 e. The minimum Gasteiger partial charge on any atom is -0.480 e. The van der Waals surface area contributed by atoms with Crippen molar-refractivity contribution < 1.29 is 9.26 Å². The number of nitrogens with two attached hydrogens (primary N) is 1. The van der Waals surface area contributed by atoms with Crippen LogP contribution in [0.4, 0.5) is 0 Å². The molecule has 0 aromatic carbocycles. The Morgan fingerprint density at radius 2 is 2.25 bits per heavy atom. The van der Waals surface area contributed by atoms with Gasteiger partial charge in [0.25, 0.3) is 0 Å². The number of nitrogens with zero attached hydrogens (tertiary/aromatic N) is 4. The van der Waals surface area contributed by atoms with Gasteiger partial charge in [0.2, 0.25) is 17.6 Å². The summed E-state index contributed by atoms with van der Waals surface area (Å²) < 4.78 is 10.4. The Kier molecular flexibility index (Phi) is 3.13. The van der Waals surface area contributed by atoms with E-state index in [1.807, 2.05) is 0 Å². The fourth-order valence-electron chi connectivity index (χ4n) is 2.57. The Balaban J connectivity index is 1.89. The van der Waals surface area contributed by atoms with Gasteiger partial charge in [-0.2, -0.15) is 4.98 Å². The summed E-state index contributed by atoms with van der Waals surface area (Å²) in [5.41, 5.74) is 6.47. The summed E-state index contributed by atoms with van der Waals surface area (Å²) in [5, 5.41) is 11.9. The maximum absolute atomic E-state index is 6.16. The van der Waals surface area contributed by atoms with Crippen molar-refractivity contribution in [3.8, 4) is 17.4 Å². The van der Waals surface area contributed by atoms with E-state index in [1.54, 1.807) is 19.2 Å². The van der Waals surface area contributed by atoms with Crippen LogP contribution in [0.2, 0.25) is 0 Å². The molecule has 2 N–H and O–H groups in total. The number of methoxy groups -OCH3 is 1. The van der Waals surface area contributed by atoms with E-state index in [9.17, 15) is 0 Å². The molecule has 7 nitrogen and oxygen atoms in total. The molecule has 0 radical (unpaired) electrons. The van der Waals surface area contributed by atoms with Crippen molar-refractivity contribution in [1.82, 2.24) is 20.3 Å². The van der Waals surface area contributed by atoms with Crippen molar-refractivity contribution in [2.45, 2.75) is 37.6 Å². The van der Waals surface area contributed by atoms with Gasteiger partial charge in [0.15, 0.2) is 0 Å². The summed E-state index contributed by atoms with van der Waals surface area (Å²) in [4.78, 5) is 4.44. The first-order valence-electron chi connectivity index (χ1n) is 6.61. The highest BCUT2D eigenvalue weighted by Crippen LogP contribution is 2.39. The highest BCUT2D eigenvalue weighted by Gasteiger charge is 2.42. The van der Waals surface area contributed by atoms with Gasteiger partial charge in [0.1, 0.15) is 5.69 Å². The number of rotatable bonds is 3. The van der Waals surface area contributed by atoms with Crippen molar-refractivity contribution in [2.75, 3.05) is 7.11 Å². The molecule has 3 rings (SSSR count). The summed E-state index contributed by atoms with van der Waals surface area (Å²) in [7, 11) is 1.54. The molecule has 20 heavy (non-hydrogen) atoms. The van der Waals surface area contributed by atoms with Gasteiger partial charge in [-0.3, -0.25) is 0 Å². The van der Waals surface area contributed by atoms with Gasteiger partial charge in [0.05, 0.1) is 12.5 Å². The average molecular weight is 275 g/mol. The lowest BCUT2D eigenvalue weighted by molar-refractivity contribution is 0.278. The zero-order valence-electron chi connectivity index (χ0n) is 11.5. The minimum absolute atomic E-state index is 0.0535. The van der Waals surface area contributed by atoms with Gasteiger partial charge in [-0.05, 0) is 25.8 Å². The second kappa shape index (κ2) is 4.82. The lowest BCUT2D eigenvalue weighted by atomic mass is 9.85. The van der Waals surface area contributed by atoms with E-state index in [-0.39, 0.29) is 11.5 Å². The Bertz CT molecular complexity index is 597. The van der Waals surface area contributed by atoms with Crippen molar-refractivity contribution in [1.29, 1.82) is 0 Å². The van der Waals surface area contributed by atoms with E-state index in [0.717, 1.165) is 19.3 Å². The summed E-state index contributed by atoms with van der Waals surface area (Å²) in [6.45, 7) is 2.07. The largest absolute Gasteiger partial charge is 0.480 e. The van der Waals surface area contributed by atoms with E-state index in [4.69, 9.17) is 15.0 Å². The van der Waals surface area contributed by atoms with Crippen molar-refractivity contribution in [3.63, 3.8) is 0 Å². The summed E-state index contributed by atoms with van der Waals surface area (Å²) >= 11 is 0. The Labute approximate surface area is 116 Å². The van der Waals surface area contributed by atoms with Crippen molar-refractivity contribution >= 4 is 0 Å². The molecule has 2 aromatic rings. The van der Waals surface area contributed by atoms with Crippen LogP contribution in [0.15, 0.2) is 16.7 Å². The molecular formula is C13H17N5O2. The van der Waals surface area contributed by atoms with E-state index in [2.05, 4.69) is 27.3 Å². The van der Waals surface area contributed by atoms with E-state index in [0.29, 0.717) is 23.3 Å². The number of ether oxygens (including phenoxy) is 1. The Morgan fingerprint density at radius 1 is 1.40 bits per heavy atom. The van der Waals surface area contributed by atoms with E-state index >= 15 is 0 Å². The lowest BCUT2D eigenvalue weighted by Crippen LogP contribution is -2.38. The van der Waals surface area contributed by atoms with Crippen LogP contribution in [0.3, 0.4) is 0 Å². The fraction of sp³-hybridized carbons (Fsp3) is 0.538. The molecule has 1 saturated carbocycles. The Morgan fingerprint density at radius 3 is 2.85 bits per heavy atom. The highest BCUT2D eigenvalue weighted by atomic mass is 16.5. The zero-order valence-corrected chi connectivity index (χ0v) is 11.5. The molecule has 0 saturated heterocycles. The van der Waals surface area contributed by atoms with Crippen LogP contribution in [0.5, 0.6) is 5.88 Å². The van der Waals surface area contributed by atoms with Gasteiger partial charge >= 0.3 is 0 Å². The zero-order chi connectivity index (χ0) is 14.2. The number of hydrogen-bond acceptors (Lipinski definition) is 7. The van der Waals surface area contributed by atoms with Gasteiger partial charge in [0, 0.05) is 12.1 Å². The molecule has 0 bridgehead atoms. The molecule has 2 heterocycles. The third-order valence-electron chi connectivity index (χ3n) is 4.02. The van der Waals surface area contributed by atoms with Crippen LogP contribution in [-0.4, -0.2) is 33.5 Å². The molecule has 2 atom stereocenters. The van der Waals surface area contributed by atoms with Crippen LogP contribution >= 0.6 is 0 Å². The standard InChI is InChI=1S/C13H17N5O2/c1-13(7-3-4-9(13)14)12-15-11(18-20-12)8-5-6-10(19-2)17-16-8/h5-6,9H,3-4,7,14H2,1-2H3. The van der Waals surface area contributed by atoms with Crippen LogP contribution in [-0.2, 0) is 5.41 Å². The van der Waals surface area contributed by atoms with E-state index < -0.39 is 0 Å². The highest BCUT2D eigenvalue weighted by molar-refractivity contribution is 5.47. The first kappa shape index (κ1) is 13.0. The minimum atomic E-state index is -0.245. The molecule has 2 unspecified atom stereocenters. The van der Waals surface area contributed by atoms with Gasteiger partial charge in [-0.1, -0.05) is 11.6 Å². The molecule has 7 heteroatoms. The predicted octanol–water partition coefficient (Wildman–Crippen LogP) is 1.30. The van der Waals surface area contributed by atoms with Gasteiger partial charge < -0.3 is 15.0 Å². The van der Waals surface area contributed by atoms with Gasteiger partial charge in [-0.25, -0.2) is 0 Å². The van der Waals surface area contributed by atoms with Crippen LogP contribution in [0.25, 0.3) is 11.5 Å². The summed E-state index contributed by atoms with van der Waals surface area (Å²) in [5.74, 6) is 1.45. The molecule has 0 amide bonds. The third-order valence-corrected chi connectivity index (χ3v) is 4.02. The van der Waals surface area contributed by atoms with Crippen LogP contribution in [0, 0.1) is 0 Å². The molecule has 106 valence electrons. The van der Waals surface area contributed by atoms with Crippen LogP contribution in [0.1, 0.15) is 32.1 Å². The third kappa shape index (κ3) is 2.03. The van der Waals surface area contributed by atoms with Crippen LogP contribution < -0.4 is 10.5 Å². The second-order valence-electron chi connectivity index (χ2n) is 5.30. The maximum Gasteiger partial charge on any atom is 0.234 e. The van der Waals surface area contributed by atoms with E-state index in [1.165, 1.54) is 0 Å². The first-order valence-corrected chi connectivity index (χ1v) is 6.61. The second-order valence-corrected chi connectivity index (χ2v) is 5.30. The van der Waals surface area contributed by atoms with Gasteiger partial charge in [-0.15, -0.1) is 10.2 Å². The summed E-state index contributed by atoms with van der Waals surface area (Å²) in [6, 6.07) is 3.51.